The van der Waals surface area contributed by atoms with E-state index in [1.54, 1.807) is 30.7 Å². The highest BCUT2D eigenvalue weighted by Crippen LogP contribution is 2.20. The van der Waals surface area contributed by atoms with Crippen molar-refractivity contribution in [2.45, 2.75) is 45.5 Å². The summed E-state index contributed by atoms with van der Waals surface area (Å²) in [6, 6.07) is 21.0. The van der Waals surface area contributed by atoms with E-state index in [1.807, 2.05) is 75.4 Å². The molecule has 9 heteroatoms. The minimum atomic E-state index is -0.658. The quantitative estimate of drug-likeness (QED) is 0.239. The number of ether oxygens (including phenoxy) is 1. The molecule has 41 heavy (non-hydrogen) atoms. The van der Waals surface area contributed by atoms with Crippen LogP contribution in [-0.4, -0.2) is 32.6 Å². The van der Waals surface area contributed by atoms with E-state index in [2.05, 4.69) is 25.6 Å². The predicted molar refractivity (Wildman–Crippen MR) is 158 cm³/mol. The number of amides is 2. The predicted octanol–water partition coefficient (Wildman–Crippen LogP) is 5.18. The Kier molecular flexibility index (Phi) is 7.89. The van der Waals surface area contributed by atoms with Crippen molar-refractivity contribution in [2.24, 2.45) is 5.73 Å². The van der Waals surface area contributed by atoms with Gasteiger partial charge in [0.05, 0.1) is 17.8 Å². The summed E-state index contributed by atoms with van der Waals surface area (Å²) >= 11 is 0. The second-order valence-electron chi connectivity index (χ2n) is 10.8. The Bertz CT molecular complexity index is 1730. The Morgan fingerprint density at radius 2 is 1.73 bits per heavy atom. The van der Waals surface area contributed by atoms with Gasteiger partial charge in [0.1, 0.15) is 11.8 Å². The molecule has 0 aliphatic rings. The number of carbonyl (C=O) groups is 2. The summed E-state index contributed by atoms with van der Waals surface area (Å²) in [6.45, 7) is 5.73. The minimum absolute atomic E-state index is 0.271. The molecule has 5 aromatic rings. The van der Waals surface area contributed by atoms with Crippen LogP contribution in [0.1, 0.15) is 59.8 Å². The van der Waals surface area contributed by atoms with Gasteiger partial charge >= 0.3 is 6.09 Å². The lowest BCUT2D eigenvalue weighted by Gasteiger charge is -2.19. The minimum Gasteiger partial charge on any atom is -0.444 e. The normalized spacial score (nSPS) is 12.2. The zero-order valence-electron chi connectivity index (χ0n) is 23.2. The van der Waals surface area contributed by atoms with Crippen molar-refractivity contribution in [3.8, 4) is 0 Å². The van der Waals surface area contributed by atoms with Gasteiger partial charge in [-0.3, -0.25) is 19.7 Å². The Balaban J connectivity index is 1.22. The number of alkyl carbamates (subject to hydrolysis) is 1. The van der Waals surface area contributed by atoms with Gasteiger partial charge in [-0.25, -0.2) is 4.79 Å². The highest BCUT2D eigenvalue weighted by atomic mass is 16.6. The number of hydrogen-bond acceptors (Lipinski definition) is 7. The molecular formula is C32H32N6O3. The standard InChI is InChI=1S/C32H32N6O3/c1-32(2,3)41-31(40)36-19-26-8-7-22-14-20(4-9-28(22)37-26)15-27-17-24(11-13-35-27)30(39)38-29(33)23-5-6-25-18-34-12-10-21(25)16-23/h4-14,16-18,29H,15,19,33H2,1-3H3,(H,36,40)(H,38,39). The van der Waals surface area contributed by atoms with Gasteiger partial charge in [-0.15, -0.1) is 0 Å². The lowest BCUT2D eigenvalue weighted by atomic mass is 10.0. The Labute approximate surface area is 238 Å². The second kappa shape index (κ2) is 11.7. The number of fused-ring (bicyclic) bond motifs is 2. The molecule has 3 aromatic heterocycles. The Morgan fingerprint density at radius 3 is 2.56 bits per heavy atom. The van der Waals surface area contributed by atoms with Crippen molar-refractivity contribution in [3.63, 3.8) is 0 Å². The molecule has 0 radical (unpaired) electrons. The number of aromatic nitrogens is 3. The molecule has 2 amide bonds. The van der Waals surface area contributed by atoms with Gasteiger partial charge in [-0.1, -0.05) is 24.3 Å². The average molecular weight is 549 g/mol. The van der Waals surface area contributed by atoms with E-state index in [1.165, 1.54) is 0 Å². The van der Waals surface area contributed by atoms with Crippen LogP contribution >= 0.6 is 0 Å². The van der Waals surface area contributed by atoms with Gasteiger partial charge < -0.3 is 21.1 Å². The average Bonchev–Trinajstić information content (AvgIpc) is 2.95. The molecule has 0 saturated heterocycles. The van der Waals surface area contributed by atoms with E-state index in [-0.39, 0.29) is 12.5 Å². The Morgan fingerprint density at radius 1 is 0.902 bits per heavy atom. The van der Waals surface area contributed by atoms with Gasteiger partial charge in [-0.2, -0.15) is 0 Å². The van der Waals surface area contributed by atoms with Crippen molar-refractivity contribution in [3.05, 3.63) is 113 Å². The molecule has 0 fully saturated rings. The topological polar surface area (TPSA) is 132 Å². The van der Waals surface area contributed by atoms with Crippen LogP contribution in [0.5, 0.6) is 0 Å². The van der Waals surface area contributed by atoms with Gasteiger partial charge in [0.2, 0.25) is 0 Å². The molecule has 2 aromatic carbocycles. The van der Waals surface area contributed by atoms with Gasteiger partial charge in [0.15, 0.2) is 0 Å². The maximum Gasteiger partial charge on any atom is 0.407 e. The van der Waals surface area contributed by atoms with Crippen LogP contribution in [0.3, 0.4) is 0 Å². The van der Waals surface area contributed by atoms with Crippen molar-refractivity contribution in [1.82, 2.24) is 25.6 Å². The number of nitrogens with one attached hydrogen (secondary N) is 2. The fourth-order valence-electron chi connectivity index (χ4n) is 4.43. The van der Waals surface area contributed by atoms with Crippen LogP contribution in [0, 0.1) is 0 Å². The molecule has 5 rings (SSSR count). The number of benzene rings is 2. The van der Waals surface area contributed by atoms with Crippen molar-refractivity contribution >= 4 is 33.7 Å². The van der Waals surface area contributed by atoms with Gasteiger partial charge in [0, 0.05) is 47.0 Å². The largest absolute Gasteiger partial charge is 0.444 e. The molecule has 0 bridgehead atoms. The molecule has 9 nitrogen and oxygen atoms in total. The second-order valence-corrected chi connectivity index (χ2v) is 10.8. The van der Waals surface area contributed by atoms with Crippen molar-refractivity contribution in [1.29, 1.82) is 0 Å². The van der Waals surface area contributed by atoms with Crippen LogP contribution in [0.4, 0.5) is 4.79 Å². The summed E-state index contributed by atoms with van der Waals surface area (Å²) in [6.07, 6.45) is 4.55. The summed E-state index contributed by atoms with van der Waals surface area (Å²) in [7, 11) is 0. The SMILES string of the molecule is CC(C)(C)OC(=O)NCc1ccc2cc(Cc3cc(C(=O)NC(N)c4ccc5cnccc5c4)ccn3)ccc2n1. The number of hydrogen-bond donors (Lipinski definition) is 3. The molecule has 3 heterocycles. The van der Waals surface area contributed by atoms with E-state index in [9.17, 15) is 9.59 Å². The fourth-order valence-corrected chi connectivity index (χ4v) is 4.43. The van der Waals surface area contributed by atoms with E-state index in [0.29, 0.717) is 12.0 Å². The van der Waals surface area contributed by atoms with Gasteiger partial charge in [-0.05, 0) is 79.7 Å². The highest BCUT2D eigenvalue weighted by molar-refractivity contribution is 5.94. The van der Waals surface area contributed by atoms with Crippen LogP contribution in [0.2, 0.25) is 0 Å². The number of nitrogens with two attached hydrogens (primary N) is 1. The number of pyridine rings is 3. The summed E-state index contributed by atoms with van der Waals surface area (Å²) in [5, 5.41) is 8.59. The van der Waals surface area contributed by atoms with Crippen molar-refractivity contribution in [2.75, 3.05) is 0 Å². The third kappa shape index (κ3) is 7.20. The summed E-state index contributed by atoms with van der Waals surface area (Å²) in [5.74, 6) is -0.272. The molecule has 208 valence electrons. The van der Waals surface area contributed by atoms with E-state index in [4.69, 9.17) is 10.5 Å². The maximum absolute atomic E-state index is 13.0. The van der Waals surface area contributed by atoms with Gasteiger partial charge in [0.25, 0.3) is 5.91 Å². The van der Waals surface area contributed by atoms with E-state index in [0.717, 1.165) is 44.2 Å². The first kappa shape index (κ1) is 27.7. The zero-order valence-corrected chi connectivity index (χ0v) is 23.2. The Hall–Kier alpha value is -4.89. The number of rotatable bonds is 7. The fraction of sp³-hybridized carbons (Fsp3) is 0.219. The van der Waals surface area contributed by atoms with E-state index < -0.39 is 17.9 Å². The first-order chi connectivity index (χ1) is 19.6. The zero-order chi connectivity index (χ0) is 29.0. The lowest BCUT2D eigenvalue weighted by Crippen LogP contribution is -2.34. The lowest BCUT2D eigenvalue weighted by molar-refractivity contribution is 0.0522. The smallest absolute Gasteiger partial charge is 0.407 e. The molecular weight excluding hydrogens is 516 g/mol. The summed E-state index contributed by atoms with van der Waals surface area (Å²) in [4.78, 5) is 38.2. The van der Waals surface area contributed by atoms with E-state index >= 15 is 0 Å². The van der Waals surface area contributed by atoms with Crippen LogP contribution < -0.4 is 16.4 Å². The first-order valence-corrected chi connectivity index (χ1v) is 13.3. The maximum atomic E-state index is 13.0. The van der Waals surface area contributed by atoms with Crippen LogP contribution in [-0.2, 0) is 17.7 Å². The number of nitrogens with zero attached hydrogens (tertiary/aromatic N) is 3. The molecule has 1 atom stereocenters. The highest BCUT2D eigenvalue weighted by Gasteiger charge is 2.16. The third-order valence-corrected chi connectivity index (χ3v) is 6.40. The van der Waals surface area contributed by atoms with Crippen molar-refractivity contribution < 1.29 is 14.3 Å². The first-order valence-electron chi connectivity index (χ1n) is 13.3. The molecule has 0 aliphatic heterocycles. The number of carbonyl (C=O) groups excluding carboxylic acids is 2. The van der Waals surface area contributed by atoms with Crippen LogP contribution in [0.25, 0.3) is 21.7 Å². The third-order valence-electron chi connectivity index (χ3n) is 6.40. The molecule has 0 saturated carbocycles. The molecule has 0 aliphatic carbocycles. The van der Waals surface area contributed by atoms with Crippen LogP contribution in [0.15, 0.2) is 85.3 Å². The molecule has 4 N–H and O–H groups in total. The molecule has 1 unspecified atom stereocenters. The monoisotopic (exact) mass is 548 g/mol. The summed E-state index contributed by atoms with van der Waals surface area (Å²) in [5.41, 5.74) is 10.4. The molecule has 0 spiro atoms. The summed E-state index contributed by atoms with van der Waals surface area (Å²) < 4.78 is 5.28.